The first-order valence-electron chi connectivity index (χ1n) is 7.65. The van der Waals surface area contributed by atoms with Crippen LogP contribution in [0.5, 0.6) is 11.5 Å². The summed E-state index contributed by atoms with van der Waals surface area (Å²) in [6, 6.07) is 11.9. The van der Waals surface area contributed by atoms with Gasteiger partial charge in [-0.3, -0.25) is 14.9 Å². The Labute approximate surface area is 145 Å². The number of hydrogen-bond donors (Lipinski definition) is 0. The molecule has 0 heterocycles. The minimum Gasteiger partial charge on any atom is -0.497 e. The van der Waals surface area contributed by atoms with Gasteiger partial charge in [-0.15, -0.1) is 0 Å². The van der Waals surface area contributed by atoms with E-state index in [2.05, 4.69) is 0 Å². The Morgan fingerprint density at radius 3 is 2.60 bits per heavy atom. The van der Waals surface area contributed by atoms with Gasteiger partial charge in [0.15, 0.2) is 6.61 Å². The highest BCUT2D eigenvalue weighted by atomic mass is 16.6. The molecular weight excluding hydrogens is 324 g/mol. The predicted molar refractivity (Wildman–Crippen MR) is 92.8 cm³/mol. The standard InChI is InChI=1S/C18H20N2O5/c1-13-9-16(7-8-17(13)20(22)23)25-12-18(21)19(2)11-14-5-4-6-15(10-14)24-3/h4-10H,11-12H2,1-3H3. The third-order valence-electron chi connectivity index (χ3n) is 3.71. The van der Waals surface area contributed by atoms with Crippen LogP contribution in [0.3, 0.4) is 0 Å². The molecule has 0 bridgehead atoms. The summed E-state index contributed by atoms with van der Waals surface area (Å²) in [5, 5.41) is 10.8. The minimum absolute atomic E-state index is 0.0221. The van der Waals surface area contributed by atoms with Gasteiger partial charge in [-0.2, -0.15) is 0 Å². The molecule has 0 aliphatic heterocycles. The highest BCUT2D eigenvalue weighted by molar-refractivity contribution is 5.77. The highest BCUT2D eigenvalue weighted by Gasteiger charge is 2.13. The van der Waals surface area contributed by atoms with Crippen LogP contribution in [0, 0.1) is 17.0 Å². The van der Waals surface area contributed by atoms with Crippen molar-refractivity contribution in [2.45, 2.75) is 13.5 Å². The summed E-state index contributed by atoms with van der Waals surface area (Å²) in [7, 11) is 3.28. The van der Waals surface area contributed by atoms with Gasteiger partial charge < -0.3 is 14.4 Å². The van der Waals surface area contributed by atoms with Gasteiger partial charge in [0.25, 0.3) is 11.6 Å². The molecule has 0 saturated carbocycles. The number of carbonyl (C=O) groups excluding carboxylic acids is 1. The third kappa shape index (κ3) is 4.94. The van der Waals surface area contributed by atoms with Gasteiger partial charge in [0.1, 0.15) is 11.5 Å². The lowest BCUT2D eigenvalue weighted by atomic mass is 10.2. The van der Waals surface area contributed by atoms with Crippen molar-refractivity contribution in [2.24, 2.45) is 0 Å². The number of hydrogen-bond acceptors (Lipinski definition) is 5. The molecule has 2 aromatic carbocycles. The van der Waals surface area contributed by atoms with Crippen LogP contribution in [0.4, 0.5) is 5.69 Å². The van der Waals surface area contributed by atoms with Gasteiger partial charge >= 0.3 is 0 Å². The summed E-state index contributed by atoms with van der Waals surface area (Å²) < 4.78 is 10.6. The SMILES string of the molecule is COc1cccc(CN(C)C(=O)COc2ccc([N+](=O)[O-])c(C)c2)c1. The normalized spacial score (nSPS) is 10.2. The van der Waals surface area contributed by atoms with E-state index in [-0.39, 0.29) is 18.2 Å². The Kier molecular flexibility index (Phi) is 5.94. The Morgan fingerprint density at radius 1 is 1.20 bits per heavy atom. The Morgan fingerprint density at radius 2 is 1.96 bits per heavy atom. The molecule has 0 N–H and O–H groups in total. The average molecular weight is 344 g/mol. The smallest absolute Gasteiger partial charge is 0.272 e. The van der Waals surface area contributed by atoms with Gasteiger partial charge in [-0.25, -0.2) is 0 Å². The second-order valence-corrected chi connectivity index (χ2v) is 5.60. The molecule has 2 rings (SSSR count). The monoisotopic (exact) mass is 344 g/mol. The van der Waals surface area contributed by atoms with Crippen molar-refractivity contribution < 1.29 is 19.2 Å². The fraction of sp³-hybridized carbons (Fsp3) is 0.278. The van der Waals surface area contributed by atoms with Gasteiger partial charge in [-0.1, -0.05) is 12.1 Å². The highest BCUT2D eigenvalue weighted by Crippen LogP contribution is 2.23. The molecule has 0 spiro atoms. The van der Waals surface area contributed by atoms with E-state index >= 15 is 0 Å². The van der Waals surface area contributed by atoms with Crippen LogP contribution in [0.2, 0.25) is 0 Å². The number of aryl methyl sites for hydroxylation is 1. The van der Waals surface area contributed by atoms with Gasteiger partial charge in [0.2, 0.25) is 0 Å². The number of rotatable bonds is 7. The zero-order chi connectivity index (χ0) is 18.4. The third-order valence-corrected chi connectivity index (χ3v) is 3.71. The van der Waals surface area contributed by atoms with Crippen LogP contribution < -0.4 is 9.47 Å². The van der Waals surface area contributed by atoms with Crippen LogP contribution >= 0.6 is 0 Å². The lowest BCUT2D eigenvalue weighted by Gasteiger charge is -2.18. The topological polar surface area (TPSA) is 81.9 Å². The Bertz CT molecular complexity index is 776. The van der Waals surface area contributed by atoms with Crippen molar-refractivity contribution in [3.8, 4) is 11.5 Å². The fourth-order valence-electron chi connectivity index (χ4n) is 2.31. The van der Waals surface area contributed by atoms with Crippen LogP contribution in [0.25, 0.3) is 0 Å². The van der Waals surface area contributed by atoms with E-state index in [1.54, 1.807) is 32.0 Å². The number of carbonyl (C=O) groups is 1. The van der Waals surface area contributed by atoms with Crippen molar-refractivity contribution in [3.63, 3.8) is 0 Å². The fourth-order valence-corrected chi connectivity index (χ4v) is 2.31. The van der Waals surface area contributed by atoms with Crippen molar-refractivity contribution in [3.05, 3.63) is 63.7 Å². The molecular formula is C18H20N2O5. The lowest BCUT2D eigenvalue weighted by molar-refractivity contribution is -0.385. The molecule has 1 amide bonds. The number of ether oxygens (including phenoxy) is 2. The van der Waals surface area contributed by atoms with Crippen molar-refractivity contribution >= 4 is 11.6 Å². The first kappa shape index (κ1) is 18.3. The van der Waals surface area contributed by atoms with E-state index in [0.717, 1.165) is 11.3 Å². The molecule has 7 heteroatoms. The summed E-state index contributed by atoms with van der Waals surface area (Å²) in [4.78, 5) is 24.1. The molecule has 0 saturated heterocycles. The summed E-state index contributed by atoms with van der Waals surface area (Å²) >= 11 is 0. The zero-order valence-electron chi connectivity index (χ0n) is 14.4. The number of benzene rings is 2. The van der Waals surface area contributed by atoms with Gasteiger partial charge in [0, 0.05) is 25.2 Å². The molecule has 0 unspecified atom stereocenters. The maximum atomic E-state index is 12.2. The predicted octanol–water partition coefficient (Wildman–Crippen LogP) is 2.95. The molecule has 0 aliphatic carbocycles. The first-order chi connectivity index (χ1) is 11.9. The van der Waals surface area contributed by atoms with Crippen molar-refractivity contribution in [2.75, 3.05) is 20.8 Å². The van der Waals surface area contributed by atoms with Crippen LogP contribution in [0.15, 0.2) is 42.5 Å². The molecule has 0 radical (unpaired) electrons. The summed E-state index contributed by atoms with van der Waals surface area (Å²) in [6.07, 6.45) is 0. The van der Waals surface area contributed by atoms with E-state index in [9.17, 15) is 14.9 Å². The first-order valence-corrected chi connectivity index (χ1v) is 7.65. The number of nitrogens with zero attached hydrogens (tertiary/aromatic N) is 2. The largest absolute Gasteiger partial charge is 0.497 e. The van der Waals surface area contributed by atoms with Crippen molar-refractivity contribution in [1.29, 1.82) is 0 Å². The zero-order valence-corrected chi connectivity index (χ0v) is 14.4. The van der Waals surface area contributed by atoms with E-state index in [1.807, 2.05) is 24.3 Å². The maximum absolute atomic E-state index is 12.2. The minimum atomic E-state index is -0.452. The maximum Gasteiger partial charge on any atom is 0.272 e. The van der Waals surface area contributed by atoms with Gasteiger partial charge in [-0.05, 0) is 36.8 Å². The molecule has 0 atom stereocenters. The van der Waals surface area contributed by atoms with E-state index in [0.29, 0.717) is 17.9 Å². The average Bonchev–Trinajstić information content (AvgIpc) is 2.59. The summed E-state index contributed by atoms with van der Waals surface area (Å²) in [5.41, 5.74) is 1.45. The summed E-state index contributed by atoms with van der Waals surface area (Å²) in [6.45, 7) is 1.91. The molecule has 25 heavy (non-hydrogen) atoms. The summed E-state index contributed by atoms with van der Waals surface area (Å²) in [5.74, 6) is 0.959. The Hall–Kier alpha value is -3.09. The quantitative estimate of drug-likeness (QED) is 0.570. The van der Waals surface area contributed by atoms with Crippen LogP contribution in [0.1, 0.15) is 11.1 Å². The van der Waals surface area contributed by atoms with Crippen LogP contribution in [-0.2, 0) is 11.3 Å². The van der Waals surface area contributed by atoms with E-state index in [1.165, 1.54) is 12.1 Å². The number of likely N-dealkylation sites (N-methyl/N-ethyl adjacent to an activating group) is 1. The molecule has 0 aromatic heterocycles. The molecule has 7 nitrogen and oxygen atoms in total. The number of nitro benzene ring substituents is 1. The van der Waals surface area contributed by atoms with Gasteiger partial charge in [0.05, 0.1) is 12.0 Å². The number of methoxy groups -OCH3 is 1. The molecule has 0 fully saturated rings. The van der Waals surface area contributed by atoms with E-state index in [4.69, 9.17) is 9.47 Å². The Balaban J connectivity index is 1.93. The molecule has 132 valence electrons. The van der Waals surface area contributed by atoms with Crippen LogP contribution in [-0.4, -0.2) is 36.5 Å². The second kappa shape index (κ2) is 8.14. The lowest BCUT2D eigenvalue weighted by Crippen LogP contribution is -2.30. The van der Waals surface area contributed by atoms with E-state index < -0.39 is 4.92 Å². The molecule has 2 aromatic rings. The number of amides is 1. The number of nitro groups is 1. The van der Waals surface area contributed by atoms with Crippen molar-refractivity contribution in [1.82, 2.24) is 4.90 Å². The molecule has 0 aliphatic rings. The second-order valence-electron chi connectivity index (χ2n) is 5.60.